The number of amides is 1. The minimum Gasteiger partial charge on any atom is -0.484 e. The highest BCUT2D eigenvalue weighted by Crippen LogP contribution is 2.24. The van der Waals surface area contributed by atoms with Crippen molar-refractivity contribution in [2.75, 3.05) is 5.32 Å². The van der Waals surface area contributed by atoms with Gasteiger partial charge in [0.25, 0.3) is 11.1 Å². The van der Waals surface area contributed by atoms with Gasteiger partial charge >= 0.3 is 0 Å². The van der Waals surface area contributed by atoms with Crippen LogP contribution >= 0.6 is 35.0 Å². The molecule has 0 saturated heterocycles. The molecule has 0 radical (unpaired) electrons. The van der Waals surface area contributed by atoms with Crippen molar-refractivity contribution in [2.24, 2.45) is 0 Å². The first-order valence-corrected chi connectivity index (χ1v) is 9.57. The molecule has 0 saturated carbocycles. The van der Waals surface area contributed by atoms with E-state index in [1.165, 1.54) is 0 Å². The molecule has 6 nitrogen and oxygen atoms in total. The van der Waals surface area contributed by atoms with Crippen LogP contribution in [0.4, 0.5) is 5.69 Å². The topological polar surface area (TPSA) is 77.2 Å². The number of aromatic nitrogens is 2. The summed E-state index contributed by atoms with van der Waals surface area (Å²) in [4.78, 5) is 12.3. The first-order valence-electron chi connectivity index (χ1n) is 7.93. The van der Waals surface area contributed by atoms with Crippen LogP contribution in [0.1, 0.15) is 12.8 Å². The molecule has 1 amide bonds. The smallest absolute Gasteiger partial charge is 0.277 e. The molecular weight excluding hydrogens is 409 g/mol. The van der Waals surface area contributed by atoms with Gasteiger partial charge in [-0.2, -0.15) is 0 Å². The van der Waals surface area contributed by atoms with E-state index >= 15 is 0 Å². The number of halogens is 2. The van der Waals surface area contributed by atoms with E-state index < -0.39 is 5.25 Å². The van der Waals surface area contributed by atoms with Crippen LogP contribution in [0.15, 0.2) is 58.2 Å². The molecule has 1 unspecified atom stereocenters. The van der Waals surface area contributed by atoms with Gasteiger partial charge in [0, 0.05) is 15.7 Å². The van der Waals surface area contributed by atoms with Gasteiger partial charge in [-0.15, -0.1) is 10.2 Å². The molecule has 0 aliphatic rings. The first kappa shape index (κ1) is 19.5. The van der Waals surface area contributed by atoms with Gasteiger partial charge in [-0.1, -0.05) is 41.0 Å². The third-order valence-corrected chi connectivity index (χ3v) is 4.78. The number of nitrogens with zero attached hydrogens (tertiary/aromatic N) is 2. The molecule has 3 aromatic rings. The van der Waals surface area contributed by atoms with Gasteiger partial charge < -0.3 is 14.5 Å². The number of ether oxygens (including phenoxy) is 1. The number of benzene rings is 2. The number of anilines is 1. The van der Waals surface area contributed by atoms with Crippen LogP contribution in [0.25, 0.3) is 0 Å². The number of rotatable bonds is 7. The fourth-order valence-corrected chi connectivity index (χ4v) is 3.05. The number of thioether (sulfide) groups is 1. The highest BCUT2D eigenvalue weighted by Gasteiger charge is 2.18. The number of nitrogens with one attached hydrogen (secondary N) is 1. The molecule has 1 heterocycles. The van der Waals surface area contributed by atoms with Gasteiger partial charge in [0.1, 0.15) is 5.75 Å². The summed E-state index contributed by atoms with van der Waals surface area (Å²) < 4.78 is 11.1. The van der Waals surface area contributed by atoms with E-state index in [1.807, 2.05) is 0 Å². The molecule has 0 aliphatic carbocycles. The van der Waals surface area contributed by atoms with Crippen molar-refractivity contribution in [3.63, 3.8) is 0 Å². The van der Waals surface area contributed by atoms with Gasteiger partial charge in [-0.3, -0.25) is 4.79 Å². The molecule has 3 rings (SSSR count). The van der Waals surface area contributed by atoms with Crippen molar-refractivity contribution >= 4 is 46.6 Å². The number of carbonyl (C=O) groups excluding carboxylic acids is 1. The molecule has 9 heteroatoms. The Labute approximate surface area is 170 Å². The van der Waals surface area contributed by atoms with Crippen LogP contribution < -0.4 is 10.1 Å². The minimum atomic E-state index is -0.436. The van der Waals surface area contributed by atoms with Crippen LogP contribution in [-0.2, 0) is 11.4 Å². The monoisotopic (exact) mass is 423 g/mol. The predicted molar refractivity (Wildman–Crippen MR) is 105 cm³/mol. The van der Waals surface area contributed by atoms with E-state index in [0.717, 1.165) is 11.8 Å². The third-order valence-electron chi connectivity index (χ3n) is 3.36. The molecule has 2 aromatic carbocycles. The Morgan fingerprint density at radius 2 is 1.96 bits per heavy atom. The molecule has 0 spiro atoms. The predicted octanol–water partition coefficient (Wildman–Crippen LogP) is 5.07. The molecule has 140 valence electrons. The van der Waals surface area contributed by atoms with E-state index in [-0.39, 0.29) is 12.5 Å². The molecule has 1 aromatic heterocycles. The molecule has 0 bridgehead atoms. The zero-order valence-corrected chi connectivity index (χ0v) is 16.5. The maximum absolute atomic E-state index is 12.3. The fourth-order valence-electron chi connectivity index (χ4n) is 2.03. The van der Waals surface area contributed by atoms with Gasteiger partial charge in [0.15, 0.2) is 6.61 Å². The van der Waals surface area contributed by atoms with Crippen molar-refractivity contribution in [1.82, 2.24) is 10.2 Å². The van der Waals surface area contributed by atoms with Crippen LogP contribution in [0.3, 0.4) is 0 Å². The summed E-state index contributed by atoms with van der Waals surface area (Å²) in [5, 5.41) is 11.7. The van der Waals surface area contributed by atoms with Crippen LogP contribution in [0, 0.1) is 0 Å². The number of hydrogen-bond donors (Lipinski definition) is 1. The lowest BCUT2D eigenvalue weighted by molar-refractivity contribution is -0.115. The Balaban J connectivity index is 1.51. The Bertz CT molecular complexity index is 918. The number of hydrogen-bond acceptors (Lipinski definition) is 6. The van der Waals surface area contributed by atoms with Crippen molar-refractivity contribution in [3.8, 4) is 5.75 Å². The summed E-state index contributed by atoms with van der Waals surface area (Å²) >= 11 is 12.9. The van der Waals surface area contributed by atoms with E-state index in [9.17, 15) is 4.79 Å². The van der Waals surface area contributed by atoms with Crippen molar-refractivity contribution in [1.29, 1.82) is 0 Å². The maximum Gasteiger partial charge on any atom is 0.277 e. The first-order chi connectivity index (χ1) is 13.0. The van der Waals surface area contributed by atoms with Crippen LogP contribution in [0.5, 0.6) is 5.75 Å². The molecule has 1 atom stereocenters. The molecule has 1 N–H and O–H groups in total. The zero-order chi connectivity index (χ0) is 19.2. The zero-order valence-electron chi connectivity index (χ0n) is 14.2. The molecule has 0 fully saturated rings. The number of carbonyl (C=O) groups is 1. The Hall–Kier alpha value is -2.22. The van der Waals surface area contributed by atoms with Gasteiger partial charge in [0.05, 0.1) is 5.25 Å². The summed E-state index contributed by atoms with van der Waals surface area (Å²) in [6, 6.07) is 13.9. The molecule has 0 aliphatic heterocycles. The second kappa shape index (κ2) is 9.12. The highest BCUT2D eigenvalue weighted by atomic mass is 35.5. The molecular formula is C18H15Cl2N3O3S. The second-order valence-electron chi connectivity index (χ2n) is 5.46. The average molecular weight is 424 g/mol. The largest absolute Gasteiger partial charge is 0.484 e. The van der Waals surface area contributed by atoms with Crippen LogP contribution in [-0.4, -0.2) is 21.4 Å². The maximum atomic E-state index is 12.3. The standard InChI is InChI=1S/C18H15Cl2N3O3S/c1-11(17(24)21-14-4-2-3-13(20)9-14)27-18-23-22-16(26-18)10-25-15-7-5-12(19)6-8-15/h2-9,11H,10H2,1H3,(H,21,24). The minimum absolute atomic E-state index is 0.123. The van der Waals surface area contributed by atoms with Gasteiger partial charge in [0.2, 0.25) is 5.91 Å². The third kappa shape index (κ3) is 5.89. The van der Waals surface area contributed by atoms with Crippen molar-refractivity contribution < 1.29 is 13.9 Å². The van der Waals surface area contributed by atoms with Gasteiger partial charge in [-0.05, 0) is 49.4 Å². The average Bonchev–Trinajstić information content (AvgIpc) is 3.08. The summed E-state index contributed by atoms with van der Waals surface area (Å²) in [6.45, 7) is 1.87. The lowest BCUT2D eigenvalue weighted by Crippen LogP contribution is -2.22. The SMILES string of the molecule is CC(Sc1nnc(COc2ccc(Cl)cc2)o1)C(=O)Nc1cccc(Cl)c1. The van der Waals surface area contributed by atoms with Crippen molar-refractivity contribution in [2.45, 2.75) is 24.0 Å². The lowest BCUT2D eigenvalue weighted by Gasteiger charge is -2.10. The Morgan fingerprint density at radius 1 is 1.19 bits per heavy atom. The van der Waals surface area contributed by atoms with E-state index in [1.54, 1.807) is 55.5 Å². The summed E-state index contributed by atoms with van der Waals surface area (Å²) in [5.74, 6) is 0.760. The lowest BCUT2D eigenvalue weighted by atomic mass is 10.3. The highest BCUT2D eigenvalue weighted by molar-refractivity contribution is 8.00. The van der Waals surface area contributed by atoms with E-state index in [0.29, 0.717) is 32.6 Å². The Kier molecular flexibility index (Phi) is 6.60. The quantitative estimate of drug-likeness (QED) is 0.534. The van der Waals surface area contributed by atoms with E-state index in [4.69, 9.17) is 32.4 Å². The van der Waals surface area contributed by atoms with Crippen molar-refractivity contribution in [3.05, 3.63) is 64.5 Å². The summed E-state index contributed by atoms with van der Waals surface area (Å²) in [5.41, 5.74) is 0.627. The summed E-state index contributed by atoms with van der Waals surface area (Å²) in [7, 11) is 0. The Morgan fingerprint density at radius 3 is 2.70 bits per heavy atom. The van der Waals surface area contributed by atoms with Crippen LogP contribution in [0.2, 0.25) is 10.0 Å². The summed E-state index contributed by atoms with van der Waals surface area (Å²) in [6.07, 6.45) is 0. The van der Waals surface area contributed by atoms with E-state index in [2.05, 4.69) is 15.5 Å². The normalized spacial score (nSPS) is 11.8. The molecule has 27 heavy (non-hydrogen) atoms. The fraction of sp³-hybridized carbons (Fsp3) is 0.167. The van der Waals surface area contributed by atoms with Gasteiger partial charge in [-0.25, -0.2) is 0 Å². The second-order valence-corrected chi connectivity index (χ2v) is 7.63.